The van der Waals surface area contributed by atoms with Crippen molar-refractivity contribution in [1.29, 1.82) is 0 Å². The van der Waals surface area contributed by atoms with E-state index < -0.39 is 0 Å². The van der Waals surface area contributed by atoms with E-state index in [4.69, 9.17) is 4.74 Å². The maximum Gasteiger partial charge on any atom is 0.270 e. The topological polar surface area (TPSA) is 58.2 Å². The minimum atomic E-state index is 0.0519. The Labute approximate surface area is 135 Å². The molecule has 0 spiro atoms. The summed E-state index contributed by atoms with van der Waals surface area (Å²) in [6, 6.07) is 3.67. The number of pyridine rings is 1. The van der Waals surface area contributed by atoms with E-state index in [1.807, 2.05) is 29.4 Å². The summed E-state index contributed by atoms with van der Waals surface area (Å²) in [6.07, 6.45) is 9.05. The lowest BCUT2D eigenvalue weighted by Gasteiger charge is -2.29. The Balaban J connectivity index is 1.45. The van der Waals surface area contributed by atoms with Gasteiger partial charge in [-0.15, -0.1) is 0 Å². The summed E-state index contributed by atoms with van der Waals surface area (Å²) in [4.78, 5) is 21.7. The SMILES string of the molecule is O=C(c1ccc[nH]1)N1CCc2c(COCC3CC3)cncc2C1. The van der Waals surface area contributed by atoms with E-state index >= 15 is 0 Å². The van der Waals surface area contributed by atoms with E-state index in [2.05, 4.69) is 9.97 Å². The van der Waals surface area contributed by atoms with Gasteiger partial charge in [-0.3, -0.25) is 9.78 Å². The third-order valence-electron chi connectivity index (χ3n) is 4.65. The van der Waals surface area contributed by atoms with Gasteiger partial charge >= 0.3 is 0 Å². The van der Waals surface area contributed by atoms with Crippen LogP contribution in [0.2, 0.25) is 0 Å². The molecule has 0 saturated heterocycles. The van der Waals surface area contributed by atoms with Crippen LogP contribution in [0, 0.1) is 5.92 Å². The van der Waals surface area contributed by atoms with Crippen LogP contribution in [0.5, 0.6) is 0 Å². The van der Waals surface area contributed by atoms with Gasteiger partial charge in [0.1, 0.15) is 5.69 Å². The first-order chi connectivity index (χ1) is 11.3. The van der Waals surface area contributed by atoms with Crippen LogP contribution in [0.1, 0.15) is 40.0 Å². The molecule has 1 aliphatic heterocycles. The second kappa shape index (κ2) is 6.16. The third-order valence-corrected chi connectivity index (χ3v) is 4.65. The van der Waals surface area contributed by atoms with Gasteiger partial charge in [0.15, 0.2) is 0 Å². The summed E-state index contributed by atoms with van der Waals surface area (Å²) >= 11 is 0. The number of nitrogens with zero attached hydrogens (tertiary/aromatic N) is 2. The highest BCUT2D eigenvalue weighted by Gasteiger charge is 2.25. The van der Waals surface area contributed by atoms with E-state index in [9.17, 15) is 4.79 Å². The zero-order valence-electron chi connectivity index (χ0n) is 13.1. The lowest BCUT2D eigenvalue weighted by molar-refractivity contribution is 0.0727. The number of H-pyrrole nitrogens is 1. The summed E-state index contributed by atoms with van der Waals surface area (Å²) < 4.78 is 5.82. The lowest BCUT2D eigenvalue weighted by Crippen LogP contribution is -2.36. The van der Waals surface area contributed by atoms with Gasteiger partial charge in [0.2, 0.25) is 0 Å². The second-order valence-corrected chi connectivity index (χ2v) is 6.46. The van der Waals surface area contributed by atoms with Crippen molar-refractivity contribution >= 4 is 5.91 Å². The first-order valence-electron chi connectivity index (χ1n) is 8.26. The molecule has 0 unspecified atom stereocenters. The van der Waals surface area contributed by atoms with Gasteiger partial charge in [0.05, 0.1) is 6.61 Å². The predicted octanol–water partition coefficient (Wildman–Crippen LogP) is 2.53. The molecule has 1 aliphatic carbocycles. The van der Waals surface area contributed by atoms with Crippen LogP contribution in [0.25, 0.3) is 0 Å². The number of carbonyl (C=O) groups excluding carboxylic acids is 1. The Kier molecular flexibility index (Phi) is 3.87. The van der Waals surface area contributed by atoms with Gasteiger partial charge < -0.3 is 14.6 Å². The van der Waals surface area contributed by atoms with Crippen molar-refractivity contribution in [2.45, 2.75) is 32.4 Å². The van der Waals surface area contributed by atoms with Gasteiger partial charge in [-0.2, -0.15) is 0 Å². The van der Waals surface area contributed by atoms with Crippen molar-refractivity contribution in [3.05, 3.63) is 53.1 Å². The van der Waals surface area contributed by atoms with E-state index in [0.717, 1.165) is 31.1 Å². The molecule has 0 atom stereocenters. The Hall–Kier alpha value is -2.14. The third kappa shape index (κ3) is 3.15. The van der Waals surface area contributed by atoms with Crippen molar-refractivity contribution in [2.75, 3.05) is 13.2 Å². The Morgan fingerprint density at radius 3 is 3.09 bits per heavy atom. The Morgan fingerprint density at radius 2 is 2.30 bits per heavy atom. The molecule has 1 N–H and O–H groups in total. The highest BCUT2D eigenvalue weighted by atomic mass is 16.5. The molecule has 120 valence electrons. The number of aromatic nitrogens is 2. The van der Waals surface area contributed by atoms with Gasteiger partial charge in [0.25, 0.3) is 5.91 Å². The molecule has 1 fully saturated rings. The molecule has 2 aromatic rings. The van der Waals surface area contributed by atoms with Gasteiger partial charge in [-0.05, 0) is 54.0 Å². The summed E-state index contributed by atoms with van der Waals surface area (Å²) in [5, 5.41) is 0. The first-order valence-corrected chi connectivity index (χ1v) is 8.26. The average molecular weight is 311 g/mol. The molecule has 4 rings (SSSR count). The Bertz CT molecular complexity index is 692. The summed E-state index contributed by atoms with van der Waals surface area (Å²) in [7, 11) is 0. The molecule has 23 heavy (non-hydrogen) atoms. The number of hydrogen-bond donors (Lipinski definition) is 1. The van der Waals surface area contributed by atoms with E-state index in [0.29, 0.717) is 18.8 Å². The quantitative estimate of drug-likeness (QED) is 0.923. The largest absolute Gasteiger partial charge is 0.376 e. The highest BCUT2D eigenvalue weighted by molar-refractivity contribution is 5.92. The lowest BCUT2D eigenvalue weighted by atomic mass is 9.97. The maximum absolute atomic E-state index is 12.5. The fourth-order valence-electron chi connectivity index (χ4n) is 3.12. The number of carbonyl (C=O) groups is 1. The zero-order chi connectivity index (χ0) is 15.6. The number of aromatic amines is 1. The molecule has 2 aliphatic rings. The van der Waals surface area contributed by atoms with Crippen LogP contribution < -0.4 is 0 Å². The molecule has 2 aromatic heterocycles. The zero-order valence-corrected chi connectivity index (χ0v) is 13.1. The van der Waals surface area contributed by atoms with Crippen LogP contribution in [0.4, 0.5) is 0 Å². The number of fused-ring (bicyclic) bond motifs is 1. The second-order valence-electron chi connectivity index (χ2n) is 6.46. The van der Waals surface area contributed by atoms with E-state index in [-0.39, 0.29) is 5.91 Å². The van der Waals surface area contributed by atoms with Crippen molar-refractivity contribution in [3.63, 3.8) is 0 Å². The molecular weight excluding hydrogens is 290 g/mol. The van der Waals surface area contributed by atoms with Gasteiger partial charge in [-0.1, -0.05) is 0 Å². The maximum atomic E-state index is 12.5. The molecule has 0 aromatic carbocycles. The van der Waals surface area contributed by atoms with Gasteiger partial charge in [-0.25, -0.2) is 0 Å². The molecule has 3 heterocycles. The van der Waals surface area contributed by atoms with Crippen molar-refractivity contribution in [1.82, 2.24) is 14.9 Å². The first kappa shape index (κ1) is 14.5. The normalized spacial score (nSPS) is 17.1. The summed E-state index contributed by atoms with van der Waals surface area (Å²) in [6.45, 7) is 2.86. The van der Waals surface area contributed by atoms with Gasteiger partial charge in [0, 0.05) is 38.3 Å². The fourth-order valence-corrected chi connectivity index (χ4v) is 3.12. The number of hydrogen-bond acceptors (Lipinski definition) is 3. The predicted molar refractivity (Wildman–Crippen MR) is 85.9 cm³/mol. The molecule has 5 nitrogen and oxygen atoms in total. The smallest absolute Gasteiger partial charge is 0.270 e. The van der Waals surface area contributed by atoms with E-state index in [1.54, 1.807) is 6.20 Å². The fraction of sp³-hybridized carbons (Fsp3) is 0.444. The van der Waals surface area contributed by atoms with E-state index in [1.165, 1.54) is 24.0 Å². The monoisotopic (exact) mass is 311 g/mol. The Morgan fingerprint density at radius 1 is 1.39 bits per heavy atom. The minimum absolute atomic E-state index is 0.0519. The summed E-state index contributed by atoms with van der Waals surface area (Å²) in [5.41, 5.74) is 4.27. The van der Waals surface area contributed by atoms with Crippen LogP contribution >= 0.6 is 0 Å². The van der Waals surface area contributed by atoms with Crippen molar-refractivity contribution in [3.8, 4) is 0 Å². The standard InChI is InChI=1S/C18H21N3O2/c22-18(17-2-1-6-20-17)21-7-5-16-14(10-21)8-19-9-15(16)12-23-11-13-3-4-13/h1-2,6,8-9,13,20H,3-5,7,10-12H2. The number of rotatable bonds is 5. The molecule has 0 radical (unpaired) electrons. The van der Waals surface area contributed by atoms with Crippen LogP contribution in [0.15, 0.2) is 30.7 Å². The highest BCUT2D eigenvalue weighted by Crippen LogP contribution is 2.29. The molecule has 0 bridgehead atoms. The molecular formula is C18H21N3O2. The van der Waals surface area contributed by atoms with Crippen LogP contribution in [-0.4, -0.2) is 33.9 Å². The van der Waals surface area contributed by atoms with Crippen LogP contribution in [0.3, 0.4) is 0 Å². The number of nitrogens with one attached hydrogen (secondary N) is 1. The average Bonchev–Trinajstić information content (AvgIpc) is 3.24. The number of amides is 1. The van der Waals surface area contributed by atoms with Crippen molar-refractivity contribution in [2.24, 2.45) is 5.92 Å². The van der Waals surface area contributed by atoms with Crippen molar-refractivity contribution < 1.29 is 9.53 Å². The molecule has 5 heteroatoms. The molecule has 1 saturated carbocycles. The summed E-state index contributed by atoms with van der Waals surface area (Å²) in [5.74, 6) is 0.826. The number of ether oxygens (including phenoxy) is 1. The molecule has 1 amide bonds. The van der Waals surface area contributed by atoms with Crippen LogP contribution in [-0.2, 0) is 24.3 Å². The minimum Gasteiger partial charge on any atom is -0.376 e.